The van der Waals surface area contributed by atoms with Crippen molar-refractivity contribution in [3.8, 4) is 0 Å². The van der Waals surface area contributed by atoms with Gasteiger partial charge in [-0.3, -0.25) is 9.59 Å². The molecule has 0 aliphatic heterocycles. The summed E-state index contributed by atoms with van der Waals surface area (Å²) >= 11 is 0. The summed E-state index contributed by atoms with van der Waals surface area (Å²) in [6.07, 6.45) is 2.57. The van der Waals surface area contributed by atoms with Crippen LogP contribution in [0.1, 0.15) is 78.6 Å². The molecule has 5 atom stereocenters. The van der Waals surface area contributed by atoms with Gasteiger partial charge in [-0.05, 0) is 66.4 Å². The lowest BCUT2D eigenvalue weighted by molar-refractivity contribution is 0.0948. The lowest BCUT2D eigenvalue weighted by atomic mass is 9.96. The van der Waals surface area contributed by atoms with Crippen molar-refractivity contribution in [3.63, 3.8) is 0 Å². The first-order valence-corrected chi connectivity index (χ1v) is 16.1. The van der Waals surface area contributed by atoms with Gasteiger partial charge < -0.3 is 15.1 Å². The summed E-state index contributed by atoms with van der Waals surface area (Å²) < 4.78 is 6.63. The first-order chi connectivity index (χ1) is 16.9. The number of carbonyl (C=O) groups is 2. The molecule has 1 aromatic heterocycles. The molecule has 2 fully saturated rings. The fraction of sp³-hybridized carbons (Fsp3) is 0.552. The van der Waals surface area contributed by atoms with Crippen LogP contribution in [-0.2, 0) is 4.43 Å². The molecular formula is C29H41N3O3Si. The predicted molar refractivity (Wildman–Crippen MR) is 146 cm³/mol. The molecule has 0 spiro atoms. The van der Waals surface area contributed by atoms with Gasteiger partial charge in [0.15, 0.2) is 8.32 Å². The molecular weight excluding hydrogens is 466 g/mol. The zero-order chi connectivity index (χ0) is 26.3. The van der Waals surface area contributed by atoms with Gasteiger partial charge in [-0.25, -0.2) is 4.98 Å². The highest BCUT2D eigenvalue weighted by Crippen LogP contribution is 2.58. The molecule has 0 saturated heterocycles. The van der Waals surface area contributed by atoms with Crippen molar-refractivity contribution in [2.24, 2.45) is 17.8 Å². The van der Waals surface area contributed by atoms with Crippen LogP contribution < -0.4 is 10.6 Å². The van der Waals surface area contributed by atoms with E-state index in [1.165, 1.54) is 0 Å². The van der Waals surface area contributed by atoms with E-state index in [-0.39, 0.29) is 28.5 Å². The number of nitrogens with one attached hydrogen (secondary N) is 2. The summed E-state index contributed by atoms with van der Waals surface area (Å²) in [4.78, 5) is 30.1. The molecule has 2 saturated carbocycles. The first kappa shape index (κ1) is 26.5. The zero-order valence-electron chi connectivity index (χ0n) is 22.7. The molecule has 1 aromatic carbocycles. The van der Waals surface area contributed by atoms with E-state index in [4.69, 9.17) is 4.43 Å². The maximum Gasteiger partial charge on any atom is 0.269 e. The number of amides is 2. The van der Waals surface area contributed by atoms with Gasteiger partial charge >= 0.3 is 0 Å². The monoisotopic (exact) mass is 507 g/mol. The van der Waals surface area contributed by atoms with Crippen molar-refractivity contribution in [1.29, 1.82) is 0 Å². The zero-order valence-corrected chi connectivity index (χ0v) is 23.7. The van der Waals surface area contributed by atoms with Gasteiger partial charge in [-0.2, -0.15) is 0 Å². The van der Waals surface area contributed by atoms with Crippen LogP contribution in [0, 0.1) is 17.8 Å². The summed E-state index contributed by atoms with van der Waals surface area (Å²) in [6.45, 7) is 14.2. The third kappa shape index (κ3) is 5.57. The Bertz CT molecular complexity index is 1100. The second-order valence-electron chi connectivity index (χ2n) is 12.1. The molecule has 0 radical (unpaired) electrons. The minimum atomic E-state index is -1.75. The Hall–Kier alpha value is -2.51. The lowest BCUT2D eigenvalue weighted by Gasteiger charge is -2.39. The number of pyridine rings is 1. The molecule has 2 N–H and O–H groups in total. The second kappa shape index (κ2) is 10.1. The maximum atomic E-state index is 13.1. The van der Waals surface area contributed by atoms with Gasteiger partial charge in [0.25, 0.3) is 11.8 Å². The van der Waals surface area contributed by atoms with Gasteiger partial charge in [-0.1, -0.05) is 58.0 Å². The van der Waals surface area contributed by atoms with Gasteiger partial charge in [0.1, 0.15) is 5.69 Å². The van der Waals surface area contributed by atoms with Crippen LogP contribution in [0.5, 0.6) is 0 Å². The minimum absolute atomic E-state index is 0.0389. The molecule has 2 aliphatic rings. The number of aromatic nitrogens is 1. The largest absolute Gasteiger partial charge is 0.414 e. The number of carbonyl (C=O) groups excluding carboxylic acids is 2. The second-order valence-corrected chi connectivity index (χ2v) is 16.8. The molecule has 194 valence electrons. The summed E-state index contributed by atoms with van der Waals surface area (Å²) in [5, 5.41) is 5.99. The summed E-state index contributed by atoms with van der Waals surface area (Å²) in [5.41, 5.74) is 2.54. The number of nitrogens with zero attached hydrogens (tertiary/aromatic N) is 1. The number of fused-ring (bicyclic) bond motifs is 1. The third-order valence-corrected chi connectivity index (χ3v) is 13.2. The van der Waals surface area contributed by atoms with E-state index >= 15 is 0 Å². The fourth-order valence-electron chi connectivity index (χ4n) is 5.29. The van der Waals surface area contributed by atoms with Crippen LogP contribution in [0.25, 0.3) is 0 Å². The van der Waals surface area contributed by atoms with E-state index < -0.39 is 8.32 Å². The van der Waals surface area contributed by atoms with E-state index in [0.29, 0.717) is 41.7 Å². The highest BCUT2D eigenvalue weighted by molar-refractivity contribution is 6.74. The van der Waals surface area contributed by atoms with E-state index in [9.17, 15) is 9.59 Å². The molecule has 0 bridgehead atoms. The average molecular weight is 508 g/mol. The molecule has 6 nitrogen and oxygen atoms in total. The molecule has 2 amide bonds. The average Bonchev–Trinajstić information content (AvgIpc) is 3.31. The molecule has 2 aliphatic carbocycles. The summed E-state index contributed by atoms with van der Waals surface area (Å²) in [6, 6.07) is 13.4. The van der Waals surface area contributed by atoms with E-state index in [0.717, 1.165) is 18.4 Å². The van der Waals surface area contributed by atoms with Crippen LogP contribution in [-0.4, -0.2) is 44.8 Å². The smallest absolute Gasteiger partial charge is 0.269 e. The standard InChI is InChI=1S/C29H41N3O3Si/c1-18(19-11-9-8-10-12-19)25-13-20(14-26(32-25)28(34)30-5)27(33)31-17-24-22-15-21(16-23(22)24)35-36(6,7)29(2,3)4/h8-14,18,21-24H,15-17H2,1-7H3,(H,30,34)(H,31,33)/t18-,21?,22-,23+,24?/m0/s1. The van der Waals surface area contributed by atoms with Crippen LogP contribution in [0.2, 0.25) is 18.1 Å². The Morgan fingerprint density at radius 2 is 1.72 bits per heavy atom. The number of hydrogen-bond acceptors (Lipinski definition) is 4. The normalized spacial score (nSPS) is 24.1. The minimum Gasteiger partial charge on any atom is -0.414 e. The number of benzene rings is 1. The maximum absolute atomic E-state index is 13.1. The Labute approximate surface area is 216 Å². The van der Waals surface area contributed by atoms with Gasteiger partial charge in [0.05, 0.1) is 0 Å². The Morgan fingerprint density at radius 3 is 2.31 bits per heavy atom. The Balaban J connectivity index is 1.38. The third-order valence-electron chi connectivity index (χ3n) is 8.66. The number of rotatable bonds is 8. The summed E-state index contributed by atoms with van der Waals surface area (Å²) in [7, 11) is -0.173. The number of hydrogen-bond donors (Lipinski definition) is 2. The van der Waals surface area contributed by atoms with E-state index in [2.05, 4.69) is 49.5 Å². The summed E-state index contributed by atoms with van der Waals surface area (Å²) in [5.74, 6) is 1.33. The SMILES string of the molecule is CNC(=O)c1cc(C(=O)NCC2[C@H]3CC(O[Si](C)(C)C(C)(C)C)C[C@@H]23)cc([C@@H](C)c2ccccc2)n1. The molecule has 2 aromatic rings. The molecule has 7 heteroatoms. The van der Waals surface area contributed by atoms with Crippen molar-refractivity contribution in [3.05, 3.63) is 65.0 Å². The van der Waals surface area contributed by atoms with E-state index in [1.807, 2.05) is 43.3 Å². The van der Waals surface area contributed by atoms with Crippen molar-refractivity contribution in [2.45, 2.75) is 70.7 Å². The molecule has 36 heavy (non-hydrogen) atoms. The van der Waals surface area contributed by atoms with Gasteiger partial charge in [0, 0.05) is 36.9 Å². The first-order valence-electron chi connectivity index (χ1n) is 13.2. The Kier molecular flexibility index (Phi) is 7.44. The van der Waals surface area contributed by atoms with Crippen molar-refractivity contribution < 1.29 is 14.0 Å². The van der Waals surface area contributed by atoms with Crippen LogP contribution >= 0.6 is 0 Å². The molecule has 2 unspecified atom stereocenters. The fourth-order valence-corrected chi connectivity index (χ4v) is 6.67. The Morgan fingerprint density at radius 1 is 1.08 bits per heavy atom. The van der Waals surface area contributed by atoms with E-state index in [1.54, 1.807) is 13.1 Å². The molecule has 4 rings (SSSR count). The van der Waals surface area contributed by atoms with Gasteiger partial charge in [0.2, 0.25) is 0 Å². The van der Waals surface area contributed by atoms with Crippen molar-refractivity contribution >= 4 is 20.1 Å². The topological polar surface area (TPSA) is 80.3 Å². The van der Waals surface area contributed by atoms with Crippen LogP contribution in [0.15, 0.2) is 42.5 Å². The van der Waals surface area contributed by atoms with Crippen molar-refractivity contribution in [2.75, 3.05) is 13.6 Å². The highest BCUT2D eigenvalue weighted by atomic mass is 28.4. The molecule has 1 heterocycles. The quantitative estimate of drug-likeness (QED) is 0.471. The van der Waals surface area contributed by atoms with Gasteiger partial charge in [-0.15, -0.1) is 0 Å². The highest BCUT2D eigenvalue weighted by Gasteiger charge is 2.57. The predicted octanol–water partition coefficient (Wildman–Crippen LogP) is 5.37. The van der Waals surface area contributed by atoms with Crippen molar-refractivity contribution in [1.82, 2.24) is 15.6 Å². The van der Waals surface area contributed by atoms with Crippen LogP contribution in [0.4, 0.5) is 0 Å². The van der Waals surface area contributed by atoms with Crippen LogP contribution in [0.3, 0.4) is 0 Å². The lowest BCUT2D eigenvalue weighted by Crippen LogP contribution is -2.43.